The summed E-state index contributed by atoms with van der Waals surface area (Å²) in [4.78, 5) is 12.4. The number of carbonyl (C=O) groups excluding carboxylic acids is 1. The molecular formula is C17H20N2O2. The molecule has 0 saturated heterocycles. The van der Waals surface area contributed by atoms with Crippen LogP contribution in [0.1, 0.15) is 28.4 Å². The Morgan fingerprint density at radius 3 is 2.71 bits per heavy atom. The van der Waals surface area contributed by atoms with Crippen LogP contribution in [0.3, 0.4) is 0 Å². The first kappa shape index (κ1) is 15.1. The largest absolute Gasteiger partial charge is 0.506 e. The third kappa shape index (κ3) is 3.61. The number of benzene rings is 2. The maximum atomic E-state index is 12.4. The molecule has 0 aliphatic heterocycles. The van der Waals surface area contributed by atoms with Gasteiger partial charge in [0.1, 0.15) is 5.75 Å². The lowest BCUT2D eigenvalue weighted by molar-refractivity contribution is 0.102. The molecule has 0 aliphatic carbocycles. The van der Waals surface area contributed by atoms with E-state index in [2.05, 4.69) is 5.32 Å². The molecule has 21 heavy (non-hydrogen) atoms. The van der Waals surface area contributed by atoms with Gasteiger partial charge < -0.3 is 16.2 Å². The zero-order valence-corrected chi connectivity index (χ0v) is 12.1. The second-order valence-corrected chi connectivity index (χ2v) is 4.86. The smallest absolute Gasteiger partial charge is 0.256 e. The number of aryl methyl sites for hydroxylation is 1. The number of phenols is 1. The van der Waals surface area contributed by atoms with E-state index in [9.17, 15) is 9.90 Å². The standard InChI is InChI=1S/C17H20N2O2/c1-2-12-7-8-16(20)15(11-12)19-17(21)14-6-4-3-5-13(14)9-10-18/h3-8,11,20H,2,9-10,18H2,1H3,(H,19,21). The SMILES string of the molecule is CCc1ccc(O)c(NC(=O)c2ccccc2CCN)c1. The minimum atomic E-state index is -0.234. The predicted molar refractivity (Wildman–Crippen MR) is 84.6 cm³/mol. The molecule has 4 heteroatoms. The van der Waals surface area contributed by atoms with Gasteiger partial charge in [0, 0.05) is 5.56 Å². The summed E-state index contributed by atoms with van der Waals surface area (Å²) in [6.07, 6.45) is 1.48. The Kier molecular flexibility index (Phi) is 4.95. The van der Waals surface area contributed by atoms with Crippen molar-refractivity contribution in [1.82, 2.24) is 0 Å². The van der Waals surface area contributed by atoms with Crippen LogP contribution >= 0.6 is 0 Å². The number of rotatable bonds is 5. The average molecular weight is 284 g/mol. The minimum absolute atomic E-state index is 0.0665. The molecule has 4 N–H and O–H groups in total. The second kappa shape index (κ2) is 6.90. The van der Waals surface area contributed by atoms with Crippen LogP contribution in [-0.2, 0) is 12.8 Å². The molecule has 0 aromatic heterocycles. The molecule has 2 aromatic rings. The topological polar surface area (TPSA) is 75.3 Å². The second-order valence-electron chi connectivity index (χ2n) is 4.86. The summed E-state index contributed by atoms with van der Waals surface area (Å²) in [5, 5.41) is 12.6. The molecule has 2 aromatic carbocycles. The van der Waals surface area contributed by atoms with Crippen molar-refractivity contribution >= 4 is 11.6 Å². The third-order valence-electron chi connectivity index (χ3n) is 3.39. The van der Waals surface area contributed by atoms with E-state index < -0.39 is 0 Å². The van der Waals surface area contributed by atoms with Crippen molar-refractivity contribution in [3.05, 3.63) is 59.2 Å². The lowest BCUT2D eigenvalue weighted by Crippen LogP contribution is -2.16. The summed E-state index contributed by atoms with van der Waals surface area (Å²) in [5.41, 5.74) is 8.55. The van der Waals surface area contributed by atoms with Gasteiger partial charge in [0.25, 0.3) is 5.91 Å². The van der Waals surface area contributed by atoms with Crippen LogP contribution in [0.25, 0.3) is 0 Å². The number of carbonyl (C=O) groups is 1. The Morgan fingerprint density at radius 2 is 2.00 bits per heavy atom. The van der Waals surface area contributed by atoms with Crippen LogP contribution < -0.4 is 11.1 Å². The fourth-order valence-corrected chi connectivity index (χ4v) is 2.21. The first-order chi connectivity index (χ1) is 10.2. The van der Waals surface area contributed by atoms with Crippen LogP contribution in [-0.4, -0.2) is 17.6 Å². The third-order valence-corrected chi connectivity index (χ3v) is 3.39. The van der Waals surface area contributed by atoms with Crippen molar-refractivity contribution in [2.45, 2.75) is 19.8 Å². The maximum Gasteiger partial charge on any atom is 0.256 e. The Labute approximate surface area is 124 Å². The van der Waals surface area contributed by atoms with Crippen LogP contribution in [0, 0.1) is 0 Å². The number of nitrogens with two attached hydrogens (primary N) is 1. The van der Waals surface area contributed by atoms with Gasteiger partial charge in [-0.1, -0.05) is 31.2 Å². The summed E-state index contributed by atoms with van der Waals surface area (Å²) < 4.78 is 0. The number of hydrogen-bond donors (Lipinski definition) is 3. The number of hydrogen-bond acceptors (Lipinski definition) is 3. The zero-order valence-electron chi connectivity index (χ0n) is 12.1. The quantitative estimate of drug-likeness (QED) is 0.739. The predicted octanol–water partition coefficient (Wildman–Crippen LogP) is 2.71. The number of anilines is 1. The van der Waals surface area contributed by atoms with E-state index in [0.717, 1.165) is 17.5 Å². The normalized spacial score (nSPS) is 10.4. The van der Waals surface area contributed by atoms with Crippen molar-refractivity contribution in [1.29, 1.82) is 0 Å². The Balaban J connectivity index is 2.26. The first-order valence-corrected chi connectivity index (χ1v) is 7.07. The molecule has 4 nitrogen and oxygen atoms in total. The summed E-state index contributed by atoms with van der Waals surface area (Å²) in [7, 11) is 0. The van der Waals surface area contributed by atoms with Gasteiger partial charge in [-0.25, -0.2) is 0 Å². The van der Waals surface area contributed by atoms with Crippen molar-refractivity contribution in [3.63, 3.8) is 0 Å². The van der Waals surface area contributed by atoms with Gasteiger partial charge in [-0.05, 0) is 48.7 Å². The molecule has 0 heterocycles. The van der Waals surface area contributed by atoms with E-state index in [0.29, 0.717) is 24.2 Å². The average Bonchev–Trinajstić information content (AvgIpc) is 2.50. The van der Waals surface area contributed by atoms with Gasteiger partial charge in [-0.3, -0.25) is 4.79 Å². The Morgan fingerprint density at radius 1 is 1.24 bits per heavy atom. The van der Waals surface area contributed by atoms with Crippen LogP contribution in [0.4, 0.5) is 5.69 Å². The van der Waals surface area contributed by atoms with Crippen molar-refractivity contribution in [2.24, 2.45) is 5.73 Å². The summed E-state index contributed by atoms with van der Waals surface area (Å²) >= 11 is 0. The van der Waals surface area contributed by atoms with E-state index >= 15 is 0 Å². The van der Waals surface area contributed by atoms with Gasteiger partial charge in [0.05, 0.1) is 5.69 Å². The highest BCUT2D eigenvalue weighted by atomic mass is 16.3. The monoisotopic (exact) mass is 284 g/mol. The van der Waals surface area contributed by atoms with Crippen molar-refractivity contribution in [3.8, 4) is 5.75 Å². The van der Waals surface area contributed by atoms with Crippen LogP contribution in [0.2, 0.25) is 0 Å². The van der Waals surface area contributed by atoms with Gasteiger partial charge >= 0.3 is 0 Å². The number of amides is 1. The summed E-state index contributed by atoms with van der Waals surface area (Å²) in [5.74, 6) is -0.167. The van der Waals surface area contributed by atoms with Gasteiger partial charge in [0.2, 0.25) is 0 Å². The molecule has 0 fully saturated rings. The molecule has 0 unspecified atom stereocenters. The maximum absolute atomic E-state index is 12.4. The molecule has 0 spiro atoms. The van der Waals surface area contributed by atoms with E-state index in [1.54, 1.807) is 18.2 Å². The molecule has 110 valence electrons. The van der Waals surface area contributed by atoms with Crippen LogP contribution in [0.5, 0.6) is 5.75 Å². The molecule has 1 amide bonds. The Bertz CT molecular complexity index is 638. The van der Waals surface area contributed by atoms with Crippen molar-refractivity contribution < 1.29 is 9.90 Å². The van der Waals surface area contributed by atoms with Gasteiger partial charge in [0.15, 0.2) is 0 Å². The fraction of sp³-hybridized carbons (Fsp3) is 0.235. The van der Waals surface area contributed by atoms with Gasteiger partial charge in [-0.2, -0.15) is 0 Å². The molecule has 0 aliphatic rings. The fourth-order valence-electron chi connectivity index (χ4n) is 2.21. The van der Waals surface area contributed by atoms with E-state index in [1.807, 2.05) is 31.2 Å². The molecular weight excluding hydrogens is 264 g/mol. The van der Waals surface area contributed by atoms with E-state index in [-0.39, 0.29) is 11.7 Å². The number of aromatic hydroxyl groups is 1. The molecule has 2 rings (SSSR count). The van der Waals surface area contributed by atoms with Crippen molar-refractivity contribution in [2.75, 3.05) is 11.9 Å². The number of phenolic OH excluding ortho intramolecular Hbond substituents is 1. The molecule has 0 radical (unpaired) electrons. The number of nitrogens with one attached hydrogen (secondary N) is 1. The highest BCUT2D eigenvalue weighted by molar-refractivity contribution is 6.06. The van der Waals surface area contributed by atoms with Gasteiger partial charge in [-0.15, -0.1) is 0 Å². The molecule has 0 atom stereocenters. The highest BCUT2D eigenvalue weighted by Crippen LogP contribution is 2.25. The molecule has 0 saturated carbocycles. The van der Waals surface area contributed by atoms with E-state index in [4.69, 9.17) is 5.73 Å². The van der Waals surface area contributed by atoms with E-state index in [1.165, 1.54) is 0 Å². The summed E-state index contributed by atoms with van der Waals surface area (Å²) in [6.45, 7) is 2.51. The zero-order chi connectivity index (χ0) is 15.2. The lowest BCUT2D eigenvalue weighted by Gasteiger charge is -2.11. The lowest BCUT2D eigenvalue weighted by atomic mass is 10.0. The minimum Gasteiger partial charge on any atom is -0.506 e. The highest BCUT2D eigenvalue weighted by Gasteiger charge is 2.12. The Hall–Kier alpha value is -2.33. The molecule has 0 bridgehead atoms. The van der Waals surface area contributed by atoms with Crippen LogP contribution in [0.15, 0.2) is 42.5 Å². The first-order valence-electron chi connectivity index (χ1n) is 7.07. The summed E-state index contributed by atoms with van der Waals surface area (Å²) in [6, 6.07) is 12.6.